The Kier molecular flexibility index (Phi) is 5.26. The van der Waals surface area contributed by atoms with E-state index in [-0.39, 0.29) is 11.9 Å². The highest BCUT2D eigenvalue weighted by Gasteiger charge is 2.24. The highest BCUT2D eigenvalue weighted by atomic mass is 35.5. The maximum absolute atomic E-state index is 12.1. The van der Waals surface area contributed by atoms with Crippen LogP contribution in [-0.2, 0) is 4.79 Å². The number of amides is 1. The number of piperazine rings is 1. The third-order valence-electron chi connectivity index (χ3n) is 3.70. The van der Waals surface area contributed by atoms with Crippen molar-refractivity contribution in [2.45, 2.75) is 25.8 Å². The number of rotatable bonds is 4. The molecule has 0 saturated carbocycles. The number of halogens is 1. The Morgan fingerprint density at radius 1 is 1.25 bits per heavy atom. The van der Waals surface area contributed by atoms with E-state index in [0.717, 1.165) is 49.7 Å². The summed E-state index contributed by atoms with van der Waals surface area (Å²) in [4.78, 5) is 16.3. The van der Waals surface area contributed by atoms with Crippen molar-refractivity contribution in [1.82, 2.24) is 4.90 Å². The van der Waals surface area contributed by atoms with Gasteiger partial charge in [-0.05, 0) is 30.7 Å². The fraction of sp³-hybridized carbons (Fsp3) is 0.533. The van der Waals surface area contributed by atoms with Gasteiger partial charge in [-0.25, -0.2) is 0 Å². The van der Waals surface area contributed by atoms with E-state index in [1.54, 1.807) is 0 Å². The molecule has 1 saturated heterocycles. The molecule has 1 aliphatic heterocycles. The second-order valence-electron chi connectivity index (χ2n) is 5.18. The van der Waals surface area contributed by atoms with E-state index in [9.17, 15) is 4.79 Å². The molecule has 1 heterocycles. The summed E-state index contributed by atoms with van der Waals surface area (Å²) >= 11 is 5.89. The molecule has 1 aliphatic rings. The van der Waals surface area contributed by atoms with Crippen LogP contribution in [0.3, 0.4) is 0 Å². The van der Waals surface area contributed by atoms with Gasteiger partial charge in [0.2, 0.25) is 5.91 Å². The Bertz CT molecular complexity index is 441. The van der Waals surface area contributed by atoms with Crippen molar-refractivity contribution in [3.05, 3.63) is 29.3 Å². The van der Waals surface area contributed by atoms with Crippen LogP contribution >= 0.6 is 11.6 Å². The maximum Gasteiger partial charge on any atom is 0.239 e. The monoisotopic (exact) mass is 295 g/mol. The van der Waals surface area contributed by atoms with Gasteiger partial charge in [-0.3, -0.25) is 4.79 Å². The van der Waals surface area contributed by atoms with Crippen LogP contribution in [0, 0.1) is 0 Å². The summed E-state index contributed by atoms with van der Waals surface area (Å²) in [7, 11) is 0. The first-order chi connectivity index (χ1) is 9.61. The van der Waals surface area contributed by atoms with Gasteiger partial charge in [-0.15, -0.1) is 0 Å². The van der Waals surface area contributed by atoms with Crippen LogP contribution in [0.4, 0.5) is 5.69 Å². The zero-order valence-electron chi connectivity index (χ0n) is 11.9. The number of hydrogen-bond donors (Lipinski definition) is 1. The van der Waals surface area contributed by atoms with Crippen molar-refractivity contribution in [3.63, 3.8) is 0 Å². The molecule has 2 N–H and O–H groups in total. The SMILES string of the molecule is CCCC(N)C(=O)N1CCN(c2ccc(Cl)cc2)CC1. The number of benzene rings is 1. The van der Waals surface area contributed by atoms with Crippen LogP contribution in [0.25, 0.3) is 0 Å². The fourth-order valence-corrected chi connectivity index (χ4v) is 2.63. The van der Waals surface area contributed by atoms with Crippen molar-refractivity contribution >= 4 is 23.2 Å². The summed E-state index contributed by atoms with van der Waals surface area (Å²) in [6.07, 6.45) is 1.70. The molecule has 5 heteroatoms. The molecule has 0 aromatic heterocycles. The van der Waals surface area contributed by atoms with Crippen LogP contribution < -0.4 is 10.6 Å². The van der Waals surface area contributed by atoms with E-state index in [0.29, 0.717) is 0 Å². The number of anilines is 1. The first-order valence-electron chi connectivity index (χ1n) is 7.16. The molecule has 1 atom stereocenters. The summed E-state index contributed by atoms with van der Waals surface area (Å²) in [6, 6.07) is 7.48. The predicted molar refractivity (Wildman–Crippen MR) is 83.1 cm³/mol. The van der Waals surface area contributed by atoms with E-state index in [2.05, 4.69) is 4.90 Å². The molecule has 1 aromatic carbocycles. The zero-order chi connectivity index (χ0) is 14.5. The van der Waals surface area contributed by atoms with Gasteiger partial charge >= 0.3 is 0 Å². The molecule has 1 amide bonds. The largest absolute Gasteiger partial charge is 0.368 e. The van der Waals surface area contributed by atoms with Crippen molar-refractivity contribution < 1.29 is 4.79 Å². The average Bonchev–Trinajstić information content (AvgIpc) is 2.48. The quantitative estimate of drug-likeness (QED) is 0.925. The van der Waals surface area contributed by atoms with E-state index >= 15 is 0 Å². The topological polar surface area (TPSA) is 49.6 Å². The lowest BCUT2D eigenvalue weighted by Gasteiger charge is -2.37. The summed E-state index contributed by atoms with van der Waals surface area (Å²) in [5, 5.41) is 0.744. The molecule has 4 nitrogen and oxygen atoms in total. The Morgan fingerprint density at radius 3 is 2.40 bits per heavy atom. The lowest BCUT2D eigenvalue weighted by Crippen LogP contribution is -2.53. The molecular formula is C15H22ClN3O. The van der Waals surface area contributed by atoms with Gasteiger partial charge in [0.15, 0.2) is 0 Å². The van der Waals surface area contributed by atoms with Crippen LogP contribution in [0.15, 0.2) is 24.3 Å². The van der Waals surface area contributed by atoms with Crippen molar-refractivity contribution in [2.75, 3.05) is 31.1 Å². The van der Waals surface area contributed by atoms with Gasteiger partial charge in [-0.1, -0.05) is 24.9 Å². The standard InChI is InChI=1S/C15H22ClN3O/c1-2-3-14(17)15(20)19-10-8-18(9-11-19)13-6-4-12(16)5-7-13/h4-7,14H,2-3,8-11,17H2,1H3. The van der Waals surface area contributed by atoms with Gasteiger partial charge in [0.05, 0.1) is 6.04 Å². The van der Waals surface area contributed by atoms with Crippen molar-refractivity contribution in [1.29, 1.82) is 0 Å². The molecule has 1 fully saturated rings. The Hall–Kier alpha value is -1.26. The van der Waals surface area contributed by atoms with Gasteiger partial charge in [0.25, 0.3) is 0 Å². The second-order valence-corrected chi connectivity index (χ2v) is 5.62. The zero-order valence-corrected chi connectivity index (χ0v) is 12.6. The molecule has 110 valence electrons. The van der Waals surface area contributed by atoms with Crippen molar-refractivity contribution in [2.24, 2.45) is 5.73 Å². The molecule has 20 heavy (non-hydrogen) atoms. The molecule has 0 bridgehead atoms. The van der Waals surface area contributed by atoms with Crippen LogP contribution in [0.5, 0.6) is 0 Å². The number of carbonyl (C=O) groups is 1. The van der Waals surface area contributed by atoms with Crippen LogP contribution in [0.1, 0.15) is 19.8 Å². The normalized spacial score (nSPS) is 17.1. The fourth-order valence-electron chi connectivity index (χ4n) is 2.51. The van der Waals surface area contributed by atoms with Gasteiger partial charge < -0.3 is 15.5 Å². The van der Waals surface area contributed by atoms with E-state index in [4.69, 9.17) is 17.3 Å². The average molecular weight is 296 g/mol. The number of hydrogen-bond acceptors (Lipinski definition) is 3. The number of carbonyl (C=O) groups excluding carboxylic acids is 1. The summed E-state index contributed by atoms with van der Waals surface area (Å²) in [6.45, 7) is 5.20. The lowest BCUT2D eigenvalue weighted by atomic mass is 10.1. The number of nitrogens with zero attached hydrogens (tertiary/aromatic N) is 2. The lowest BCUT2D eigenvalue weighted by molar-refractivity contribution is -0.133. The molecular weight excluding hydrogens is 274 g/mol. The third kappa shape index (κ3) is 3.64. The Balaban J connectivity index is 1.89. The minimum atomic E-state index is -0.345. The highest BCUT2D eigenvalue weighted by molar-refractivity contribution is 6.30. The van der Waals surface area contributed by atoms with Crippen LogP contribution in [0.2, 0.25) is 5.02 Å². The van der Waals surface area contributed by atoms with E-state index in [1.165, 1.54) is 0 Å². The van der Waals surface area contributed by atoms with Gasteiger partial charge in [0, 0.05) is 36.9 Å². The van der Waals surface area contributed by atoms with E-state index < -0.39 is 0 Å². The highest BCUT2D eigenvalue weighted by Crippen LogP contribution is 2.19. The molecule has 1 aromatic rings. The molecule has 0 spiro atoms. The maximum atomic E-state index is 12.1. The van der Waals surface area contributed by atoms with Crippen molar-refractivity contribution in [3.8, 4) is 0 Å². The Morgan fingerprint density at radius 2 is 1.85 bits per heavy atom. The molecule has 0 aliphatic carbocycles. The predicted octanol–water partition coefficient (Wildman–Crippen LogP) is 2.12. The first kappa shape index (κ1) is 15.1. The number of nitrogens with two attached hydrogens (primary N) is 1. The summed E-state index contributed by atoms with van der Waals surface area (Å²) < 4.78 is 0. The van der Waals surface area contributed by atoms with Crippen LogP contribution in [-0.4, -0.2) is 43.0 Å². The first-order valence-corrected chi connectivity index (χ1v) is 7.54. The molecule has 1 unspecified atom stereocenters. The summed E-state index contributed by atoms with van der Waals surface area (Å²) in [5.41, 5.74) is 7.05. The third-order valence-corrected chi connectivity index (χ3v) is 3.95. The van der Waals surface area contributed by atoms with E-state index in [1.807, 2.05) is 36.1 Å². The smallest absolute Gasteiger partial charge is 0.239 e. The van der Waals surface area contributed by atoms with Gasteiger partial charge in [-0.2, -0.15) is 0 Å². The minimum absolute atomic E-state index is 0.0857. The molecule has 2 rings (SSSR count). The minimum Gasteiger partial charge on any atom is -0.368 e. The second kappa shape index (κ2) is 6.95. The van der Waals surface area contributed by atoms with Gasteiger partial charge in [0.1, 0.15) is 0 Å². The Labute approximate surface area is 125 Å². The summed E-state index contributed by atoms with van der Waals surface area (Å²) in [5.74, 6) is 0.0857. The molecule has 0 radical (unpaired) electrons.